The third kappa shape index (κ3) is 7.34. The third-order valence-electron chi connectivity index (χ3n) is 1.41. The highest BCUT2D eigenvalue weighted by atomic mass is 79.9. The molecule has 0 bridgehead atoms. The molecule has 0 aromatic carbocycles. The summed E-state index contributed by atoms with van der Waals surface area (Å²) in [5.74, 6) is 1.99. The van der Waals surface area contributed by atoms with Gasteiger partial charge in [0.25, 0.3) is 0 Å². The summed E-state index contributed by atoms with van der Waals surface area (Å²) in [7, 11) is 1.39. The lowest BCUT2D eigenvalue weighted by Crippen LogP contribution is -2.31. The average molecular weight is 270 g/mol. The van der Waals surface area contributed by atoms with E-state index in [1.165, 1.54) is 7.11 Å². The topological polar surface area (TPSA) is 38.3 Å². The lowest BCUT2D eigenvalue weighted by atomic mass is 10.4. The minimum atomic E-state index is -0.232. The molecule has 3 nitrogen and oxygen atoms in total. The molecule has 78 valence electrons. The van der Waals surface area contributed by atoms with Crippen LogP contribution in [0.5, 0.6) is 0 Å². The Morgan fingerprint density at radius 1 is 1.69 bits per heavy atom. The summed E-state index contributed by atoms with van der Waals surface area (Å²) in [6.07, 6.45) is 0. The second kappa shape index (κ2) is 8.84. The quantitative estimate of drug-likeness (QED) is 0.429. The van der Waals surface area contributed by atoms with E-state index in [9.17, 15) is 4.79 Å². The summed E-state index contributed by atoms with van der Waals surface area (Å²) < 4.78 is 4.56. The van der Waals surface area contributed by atoms with Crippen molar-refractivity contribution in [1.29, 1.82) is 0 Å². The maximum atomic E-state index is 10.9. The van der Waals surface area contributed by atoms with Crippen molar-refractivity contribution in [3.8, 4) is 0 Å². The van der Waals surface area contributed by atoms with E-state index in [-0.39, 0.29) is 10.8 Å². The molecular weight excluding hydrogens is 254 g/mol. The summed E-state index contributed by atoms with van der Waals surface area (Å²) >= 11 is 5.11. The number of halogens is 1. The molecule has 0 aliphatic carbocycles. The minimum Gasteiger partial charge on any atom is -0.468 e. The summed E-state index contributed by atoms with van der Waals surface area (Å²) in [4.78, 5) is 10.7. The molecule has 0 amide bonds. The number of hydrogen-bond acceptors (Lipinski definition) is 4. The van der Waals surface area contributed by atoms with Gasteiger partial charge in [0.2, 0.25) is 0 Å². The summed E-state index contributed by atoms with van der Waals surface area (Å²) in [6, 6.07) is 0. The van der Waals surface area contributed by atoms with E-state index >= 15 is 0 Å². The molecule has 0 heterocycles. The fourth-order valence-electron chi connectivity index (χ4n) is 0.729. The van der Waals surface area contributed by atoms with Crippen LogP contribution >= 0.6 is 27.7 Å². The van der Waals surface area contributed by atoms with Gasteiger partial charge in [-0.2, -0.15) is 11.8 Å². The van der Waals surface area contributed by atoms with E-state index in [0.717, 1.165) is 18.1 Å². The van der Waals surface area contributed by atoms with Gasteiger partial charge in [0.15, 0.2) is 0 Å². The number of carbonyl (C=O) groups excluding carboxylic acids is 1. The Morgan fingerprint density at radius 2 is 2.38 bits per heavy atom. The molecular formula is C8H16BrNO2S. The fourth-order valence-corrected chi connectivity index (χ4v) is 1.72. The Morgan fingerprint density at radius 3 is 2.92 bits per heavy atom. The van der Waals surface area contributed by atoms with Crippen molar-refractivity contribution in [3.63, 3.8) is 0 Å². The number of thioether (sulfide) groups is 1. The molecule has 13 heavy (non-hydrogen) atoms. The van der Waals surface area contributed by atoms with Crippen molar-refractivity contribution >= 4 is 33.7 Å². The first-order valence-electron chi connectivity index (χ1n) is 4.22. The van der Waals surface area contributed by atoms with Crippen LogP contribution < -0.4 is 5.32 Å². The van der Waals surface area contributed by atoms with Crippen LogP contribution in [0.25, 0.3) is 0 Å². The fraction of sp³-hybridized carbons (Fsp3) is 0.875. The normalized spacial score (nSPS) is 12.5. The molecule has 0 spiro atoms. The van der Waals surface area contributed by atoms with E-state index in [2.05, 4.69) is 32.9 Å². The van der Waals surface area contributed by atoms with Gasteiger partial charge in [-0.25, -0.2) is 0 Å². The van der Waals surface area contributed by atoms with E-state index in [0.29, 0.717) is 6.54 Å². The van der Waals surface area contributed by atoms with Crippen LogP contribution in [0, 0.1) is 0 Å². The van der Waals surface area contributed by atoms with Gasteiger partial charge in [-0.15, -0.1) is 0 Å². The van der Waals surface area contributed by atoms with Crippen LogP contribution in [-0.4, -0.2) is 42.5 Å². The molecule has 5 heteroatoms. The Bertz CT molecular complexity index is 146. The predicted octanol–water partition coefficient (Wildman–Crippen LogP) is 1.27. The SMILES string of the molecule is CCSCCNCC(Br)C(=O)OC. The van der Waals surface area contributed by atoms with Crippen LogP contribution in [-0.2, 0) is 9.53 Å². The second-order valence-electron chi connectivity index (χ2n) is 2.39. The zero-order valence-corrected chi connectivity index (χ0v) is 10.4. The standard InChI is InChI=1S/C8H16BrNO2S/c1-3-13-5-4-10-6-7(9)8(11)12-2/h7,10H,3-6H2,1-2H3. The Kier molecular flexibility index (Phi) is 9.02. The molecule has 0 fully saturated rings. The van der Waals surface area contributed by atoms with Gasteiger partial charge in [0.1, 0.15) is 4.83 Å². The summed E-state index contributed by atoms with van der Waals surface area (Å²) in [5.41, 5.74) is 0. The maximum absolute atomic E-state index is 10.9. The van der Waals surface area contributed by atoms with Gasteiger partial charge in [0.05, 0.1) is 7.11 Å². The maximum Gasteiger partial charge on any atom is 0.320 e. The van der Waals surface area contributed by atoms with Crippen molar-refractivity contribution in [2.45, 2.75) is 11.8 Å². The molecule has 0 aromatic heterocycles. The van der Waals surface area contributed by atoms with Crippen LogP contribution in [0.2, 0.25) is 0 Å². The van der Waals surface area contributed by atoms with E-state index in [1.54, 1.807) is 0 Å². The molecule has 0 radical (unpaired) electrons. The van der Waals surface area contributed by atoms with Gasteiger partial charge in [-0.1, -0.05) is 22.9 Å². The Balaban J connectivity index is 3.26. The number of alkyl halides is 1. The van der Waals surface area contributed by atoms with Crippen molar-refractivity contribution in [1.82, 2.24) is 5.32 Å². The number of hydrogen-bond donors (Lipinski definition) is 1. The molecule has 0 aromatic rings. The van der Waals surface area contributed by atoms with Gasteiger partial charge in [-0.05, 0) is 5.75 Å². The smallest absolute Gasteiger partial charge is 0.320 e. The zero-order chi connectivity index (χ0) is 10.1. The molecule has 1 N–H and O–H groups in total. The monoisotopic (exact) mass is 269 g/mol. The van der Waals surface area contributed by atoms with E-state index in [4.69, 9.17) is 0 Å². The number of esters is 1. The highest BCUT2D eigenvalue weighted by Crippen LogP contribution is 2.00. The van der Waals surface area contributed by atoms with Crippen molar-refractivity contribution in [2.75, 3.05) is 31.7 Å². The zero-order valence-electron chi connectivity index (χ0n) is 8.01. The van der Waals surface area contributed by atoms with Gasteiger partial charge < -0.3 is 10.1 Å². The van der Waals surface area contributed by atoms with Gasteiger partial charge >= 0.3 is 5.97 Å². The van der Waals surface area contributed by atoms with Crippen molar-refractivity contribution in [2.24, 2.45) is 0 Å². The van der Waals surface area contributed by atoms with Crippen LogP contribution in [0.1, 0.15) is 6.92 Å². The molecule has 0 aliphatic heterocycles. The van der Waals surface area contributed by atoms with Crippen molar-refractivity contribution < 1.29 is 9.53 Å². The number of ether oxygens (including phenoxy) is 1. The molecule has 1 unspecified atom stereocenters. The Hall–Kier alpha value is 0.260. The van der Waals surface area contributed by atoms with Crippen LogP contribution in [0.3, 0.4) is 0 Å². The number of rotatable bonds is 7. The molecule has 0 aliphatic rings. The number of carbonyl (C=O) groups is 1. The minimum absolute atomic E-state index is 0.226. The van der Waals surface area contributed by atoms with Crippen LogP contribution in [0.15, 0.2) is 0 Å². The number of methoxy groups -OCH3 is 1. The first-order valence-corrected chi connectivity index (χ1v) is 6.29. The highest BCUT2D eigenvalue weighted by Gasteiger charge is 2.13. The predicted molar refractivity (Wildman–Crippen MR) is 60.6 cm³/mol. The molecule has 0 rings (SSSR count). The first-order chi connectivity index (χ1) is 6.22. The van der Waals surface area contributed by atoms with Crippen molar-refractivity contribution in [3.05, 3.63) is 0 Å². The largest absolute Gasteiger partial charge is 0.468 e. The molecule has 1 atom stereocenters. The van der Waals surface area contributed by atoms with Gasteiger partial charge in [0, 0.05) is 18.8 Å². The first kappa shape index (κ1) is 13.3. The molecule has 0 saturated carbocycles. The van der Waals surface area contributed by atoms with Gasteiger partial charge in [-0.3, -0.25) is 4.79 Å². The third-order valence-corrected chi connectivity index (χ3v) is 3.01. The van der Waals surface area contributed by atoms with E-state index in [1.807, 2.05) is 11.8 Å². The number of nitrogens with one attached hydrogen (secondary N) is 1. The lowest BCUT2D eigenvalue weighted by molar-refractivity contribution is -0.139. The van der Waals surface area contributed by atoms with E-state index < -0.39 is 0 Å². The average Bonchev–Trinajstić information content (AvgIpc) is 2.16. The van der Waals surface area contributed by atoms with Crippen LogP contribution in [0.4, 0.5) is 0 Å². The molecule has 0 saturated heterocycles. The Labute approximate surface area is 92.1 Å². The lowest BCUT2D eigenvalue weighted by Gasteiger charge is -2.08. The second-order valence-corrected chi connectivity index (χ2v) is 4.89. The summed E-state index contributed by atoms with van der Waals surface area (Å²) in [5, 5.41) is 3.17. The summed E-state index contributed by atoms with van der Waals surface area (Å²) in [6.45, 7) is 3.68. The highest BCUT2D eigenvalue weighted by molar-refractivity contribution is 9.10.